The SMILES string of the molecule is COc1ccc(OC)c(COC(=O)CNC(=O)c2ccc(Cl)c([N+](=O)[O-])c2)c1. The fourth-order valence-corrected chi connectivity index (χ4v) is 2.44. The predicted molar refractivity (Wildman–Crippen MR) is 99.8 cm³/mol. The second-order valence-corrected chi connectivity index (χ2v) is 5.85. The number of halogens is 1. The van der Waals surface area contributed by atoms with Gasteiger partial charge in [0.1, 0.15) is 29.7 Å². The number of nitrogens with one attached hydrogen (secondary N) is 1. The van der Waals surface area contributed by atoms with Crippen molar-refractivity contribution in [2.45, 2.75) is 6.61 Å². The Morgan fingerprint density at radius 2 is 1.89 bits per heavy atom. The van der Waals surface area contributed by atoms with Crippen molar-refractivity contribution >= 4 is 29.2 Å². The van der Waals surface area contributed by atoms with E-state index >= 15 is 0 Å². The molecule has 0 aliphatic rings. The second-order valence-electron chi connectivity index (χ2n) is 5.44. The van der Waals surface area contributed by atoms with Crippen LogP contribution in [0, 0.1) is 10.1 Å². The lowest BCUT2D eigenvalue weighted by Gasteiger charge is -2.11. The van der Waals surface area contributed by atoms with Gasteiger partial charge in [-0.3, -0.25) is 19.7 Å². The van der Waals surface area contributed by atoms with Crippen LogP contribution in [0.15, 0.2) is 36.4 Å². The number of nitro benzene ring substituents is 1. The molecule has 0 radical (unpaired) electrons. The molecule has 1 N–H and O–H groups in total. The zero-order valence-corrected chi connectivity index (χ0v) is 15.8. The van der Waals surface area contributed by atoms with E-state index < -0.39 is 29.0 Å². The van der Waals surface area contributed by atoms with E-state index in [1.54, 1.807) is 18.2 Å². The van der Waals surface area contributed by atoms with Gasteiger partial charge in [0.25, 0.3) is 11.6 Å². The van der Waals surface area contributed by atoms with Crippen LogP contribution in [0.2, 0.25) is 5.02 Å². The van der Waals surface area contributed by atoms with Gasteiger partial charge in [-0.2, -0.15) is 0 Å². The molecule has 0 aliphatic heterocycles. The number of carbonyl (C=O) groups excluding carboxylic acids is 2. The summed E-state index contributed by atoms with van der Waals surface area (Å²) in [5.41, 5.74) is 0.190. The Morgan fingerprint density at radius 1 is 1.14 bits per heavy atom. The van der Waals surface area contributed by atoms with Crippen LogP contribution in [0.25, 0.3) is 0 Å². The smallest absolute Gasteiger partial charge is 0.325 e. The van der Waals surface area contributed by atoms with Gasteiger partial charge in [0.15, 0.2) is 0 Å². The standard InChI is InChI=1S/C18H17ClN2O7/c1-26-13-4-6-16(27-2)12(7-13)10-28-17(22)9-20-18(23)11-3-5-14(19)15(8-11)21(24)25/h3-8H,9-10H2,1-2H3,(H,20,23). The Kier molecular flexibility index (Phi) is 7.16. The molecule has 0 bridgehead atoms. The molecular weight excluding hydrogens is 392 g/mol. The Bertz CT molecular complexity index is 901. The number of nitro groups is 1. The fourth-order valence-electron chi connectivity index (χ4n) is 2.25. The molecule has 2 aromatic carbocycles. The van der Waals surface area contributed by atoms with Gasteiger partial charge in [0, 0.05) is 17.2 Å². The number of ether oxygens (including phenoxy) is 3. The first kappa shape index (κ1) is 21.0. The summed E-state index contributed by atoms with van der Waals surface area (Å²) in [5.74, 6) is -0.270. The van der Waals surface area contributed by atoms with Crippen molar-refractivity contribution in [3.63, 3.8) is 0 Å². The third-order valence-electron chi connectivity index (χ3n) is 3.67. The maximum absolute atomic E-state index is 12.1. The zero-order valence-electron chi connectivity index (χ0n) is 15.1. The van der Waals surface area contributed by atoms with Crippen LogP contribution < -0.4 is 14.8 Å². The van der Waals surface area contributed by atoms with Crippen molar-refractivity contribution in [2.75, 3.05) is 20.8 Å². The minimum atomic E-state index is -0.700. The van der Waals surface area contributed by atoms with Crippen molar-refractivity contribution in [3.8, 4) is 11.5 Å². The van der Waals surface area contributed by atoms with Gasteiger partial charge >= 0.3 is 5.97 Å². The molecule has 0 heterocycles. The molecule has 9 nitrogen and oxygen atoms in total. The van der Waals surface area contributed by atoms with Gasteiger partial charge < -0.3 is 19.5 Å². The molecule has 0 saturated carbocycles. The summed E-state index contributed by atoms with van der Waals surface area (Å²) >= 11 is 5.70. The second kappa shape index (κ2) is 9.56. The van der Waals surface area contributed by atoms with Crippen LogP contribution in [0.5, 0.6) is 11.5 Å². The number of carbonyl (C=O) groups is 2. The predicted octanol–water partition coefficient (Wildman–Crippen LogP) is 2.74. The maximum atomic E-state index is 12.1. The number of hydrogen-bond acceptors (Lipinski definition) is 7. The van der Waals surface area contributed by atoms with E-state index in [4.69, 9.17) is 25.8 Å². The molecule has 0 spiro atoms. The highest BCUT2D eigenvalue weighted by Crippen LogP contribution is 2.25. The highest BCUT2D eigenvalue weighted by Gasteiger charge is 2.17. The van der Waals surface area contributed by atoms with Gasteiger partial charge in [-0.1, -0.05) is 11.6 Å². The molecule has 10 heteroatoms. The zero-order chi connectivity index (χ0) is 20.7. The van der Waals surface area contributed by atoms with Gasteiger partial charge in [0.2, 0.25) is 0 Å². The Hall–Kier alpha value is -3.33. The van der Waals surface area contributed by atoms with E-state index in [9.17, 15) is 19.7 Å². The molecular formula is C18H17ClN2O7. The first-order chi connectivity index (χ1) is 13.3. The molecule has 0 aliphatic carbocycles. The van der Waals surface area contributed by atoms with Crippen LogP contribution in [0.4, 0.5) is 5.69 Å². The van der Waals surface area contributed by atoms with E-state index in [2.05, 4.69) is 5.32 Å². The van der Waals surface area contributed by atoms with Crippen molar-refractivity contribution in [2.24, 2.45) is 0 Å². The average molecular weight is 409 g/mol. The third-order valence-corrected chi connectivity index (χ3v) is 3.99. The van der Waals surface area contributed by atoms with Crippen LogP contribution in [-0.2, 0) is 16.1 Å². The fraction of sp³-hybridized carbons (Fsp3) is 0.222. The quantitative estimate of drug-likeness (QED) is 0.405. The summed E-state index contributed by atoms with van der Waals surface area (Å²) in [6, 6.07) is 8.63. The highest BCUT2D eigenvalue weighted by atomic mass is 35.5. The Morgan fingerprint density at radius 3 is 2.54 bits per heavy atom. The lowest BCUT2D eigenvalue weighted by Crippen LogP contribution is -2.30. The molecule has 28 heavy (non-hydrogen) atoms. The highest BCUT2D eigenvalue weighted by molar-refractivity contribution is 6.32. The molecule has 0 saturated heterocycles. The number of amides is 1. The van der Waals surface area contributed by atoms with Crippen LogP contribution >= 0.6 is 11.6 Å². The first-order valence-corrected chi connectivity index (χ1v) is 8.32. The molecule has 148 valence electrons. The number of hydrogen-bond donors (Lipinski definition) is 1. The monoisotopic (exact) mass is 408 g/mol. The van der Waals surface area contributed by atoms with Crippen LogP contribution in [-0.4, -0.2) is 37.6 Å². The summed E-state index contributed by atoms with van der Waals surface area (Å²) < 4.78 is 15.4. The minimum absolute atomic E-state index is 0.00151. The molecule has 2 aromatic rings. The van der Waals surface area contributed by atoms with Gasteiger partial charge in [-0.15, -0.1) is 0 Å². The Labute approximate surface area is 165 Å². The lowest BCUT2D eigenvalue weighted by atomic mass is 10.2. The molecule has 1 amide bonds. The van der Waals surface area contributed by atoms with Crippen LogP contribution in [0.3, 0.4) is 0 Å². The number of rotatable bonds is 8. The van der Waals surface area contributed by atoms with Crippen molar-refractivity contribution in [3.05, 3.63) is 62.7 Å². The van der Waals surface area contributed by atoms with E-state index in [1.807, 2.05) is 0 Å². The molecule has 0 aromatic heterocycles. The van der Waals surface area contributed by atoms with E-state index in [0.29, 0.717) is 17.1 Å². The summed E-state index contributed by atoms with van der Waals surface area (Å²) in [7, 11) is 2.99. The maximum Gasteiger partial charge on any atom is 0.325 e. The minimum Gasteiger partial charge on any atom is -0.497 e. The molecule has 0 atom stereocenters. The number of methoxy groups -OCH3 is 2. The van der Waals surface area contributed by atoms with E-state index in [0.717, 1.165) is 6.07 Å². The Balaban J connectivity index is 1.93. The van der Waals surface area contributed by atoms with Gasteiger partial charge in [-0.25, -0.2) is 0 Å². The summed E-state index contributed by atoms with van der Waals surface area (Å²) in [6.45, 7) is -0.497. The third kappa shape index (κ3) is 5.34. The first-order valence-electron chi connectivity index (χ1n) is 7.94. The molecule has 0 unspecified atom stereocenters. The molecule has 0 fully saturated rings. The summed E-state index contributed by atoms with van der Waals surface area (Å²) in [6.07, 6.45) is 0. The van der Waals surface area contributed by atoms with Gasteiger partial charge in [0.05, 0.1) is 19.1 Å². The normalized spacial score (nSPS) is 10.1. The van der Waals surface area contributed by atoms with Gasteiger partial charge in [-0.05, 0) is 30.3 Å². The average Bonchev–Trinajstić information content (AvgIpc) is 2.70. The summed E-state index contributed by atoms with van der Waals surface area (Å²) in [4.78, 5) is 34.1. The summed E-state index contributed by atoms with van der Waals surface area (Å²) in [5, 5.41) is 13.1. The number of esters is 1. The van der Waals surface area contributed by atoms with Crippen molar-refractivity contribution in [1.82, 2.24) is 5.32 Å². The van der Waals surface area contributed by atoms with E-state index in [1.165, 1.54) is 26.4 Å². The van der Waals surface area contributed by atoms with E-state index in [-0.39, 0.29) is 17.2 Å². The largest absolute Gasteiger partial charge is 0.497 e. The van der Waals surface area contributed by atoms with Crippen molar-refractivity contribution < 1.29 is 28.7 Å². The van der Waals surface area contributed by atoms with Crippen LogP contribution in [0.1, 0.15) is 15.9 Å². The van der Waals surface area contributed by atoms with Crippen molar-refractivity contribution in [1.29, 1.82) is 0 Å². The number of benzene rings is 2. The topological polar surface area (TPSA) is 117 Å². The number of nitrogens with zero attached hydrogens (tertiary/aromatic N) is 1. The molecule has 2 rings (SSSR count). The lowest BCUT2D eigenvalue weighted by molar-refractivity contribution is -0.384.